The van der Waals surface area contributed by atoms with Gasteiger partial charge in [-0.2, -0.15) is 0 Å². The van der Waals surface area contributed by atoms with Gasteiger partial charge in [0.15, 0.2) is 0 Å². The van der Waals surface area contributed by atoms with Crippen LogP contribution in [0.25, 0.3) is 0 Å². The van der Waals surface area contributed by atoms with Crippen LogP contribution in [0, 0.1) is 0 Å². The average molecular weight is 285 g/mol. The van der Waals surface area contributed by atoms with Crippen molar-refractivity contribution in [3.63, 3.8) is 0 Å². The molecule has 0 radical (unpaired) electrons. The number of unbranched alkanes of at least 4 members (excludes halogenated alkanes) is 4. The Morgan fingerprint density at radius 2 is 1.00 bits per heavy atom. The van der Waals surface area contributed by atoms with E-state index in [9.17, 15) is 0 Å². The van der Waals surface area contributed by atoms with Gasteiger partial charge in [-0.05, 0) is 5.54 Å². The predicted octanol–water partition coefficient (Wildman–Crippen LogP) is 7.42. The summed E-state index contributed by atoms with van der Waals surface area (Å²) in [6.45, 7) is 12.2. The van der Waals surface area contributed by atoms with E-state index in [1.54, 1.807) is 12.1 Å². The van der Waals surface area contributed by atoms with Gasteiger partial charge in [-0.15, -0.1) is 0 Å². The van der Waals surface area contributed by atoms with Crippen LogP contribution in [0.2, 0.25) is 24.2 Å². The van der Waals surface area contributed by atoms with Crippen molar-refractivity contribution >= 4 is 8.07 Å². The molecule has 0 bridgehead atoms. The zero-order valence-corrected chi connectivity index (χ0v) is 15.6. The SMILES string of the molecule is CCCCC(CCCC)[Si](C)(CCCC)CCCC. The molecule has 0 spiro atoms. The van der Waals surface area contributed by atoms with Gasteiger partial charge in [-0.3, -0.25) is 0 Å². The van der Waals surface area contributed by atoms with E-state index in [0.717, 1.165) is 5.54 Å². The summed E-state index contributed by atoms with van der Waals surface area (Å²) < 4.78 is 0. The van der Waals surface area contributed by atoms with Crippen LogP contribution in [0.15, 0.2) is 0 Å². The second kappa shape index (κ2) is 12.0. The lowest BCUT2D eigenvalue weighted by Gasteiger charge is -2.37. The number of hydrogen-bond donors (Lipinski definition) is 0. The molecule has 0 aromatic heterocycles. The molecule has 0 nitrogen and oxygen atoms in total. The van der Waals surface area contributed by atoms with Gasteiger partial charge in [0.1, 0.15) is 0 Å². The van der Waals surface area contributed by atoms with E-state index in [2.05, 4.69) is 34.2 Å². The third-order valence-electron chi connectivity index (χ3n) is 5.00. The molecule has 1 heteroatoms. The van der Waals surface area contributed by atoms with E-state index in [4.69, 9.17) is 0 Å². The quantitative estimate of drug-likeness (QED) is 0.309. The lowest BCUT2D eigenvalue weighted by Crippen LogP contribution is -2.36. The lowest BCUT2D eigenvalue weighted by atomic mass is 10.1. The predicted molar refractivity (Wildman–Crippen MR) is 93.8 cm³/mol. The minimum Gasteiger partial charge on any atom is -0.0689 e. The highest BCUT2D eigenvalue weighted by atomic mass is 28.3. The Bertz CT molecular complexity index is 172. The fourth-order valence-corrected chi connectivity index (χ4v) is 8.63. The topological polar surface area (TPSA) is 0 Å². The second-order valence-electron chi connectivity index (χ2n) is 6.84. The zero-order chi connectivity index (χ0) is 14.6. The maximum atomic E-state index is 2.74. The summed E-state index contributed by atoms with van der Waals surface area (Å²) in [5.74, 6) is 0. The fourth-order valence-electron chi connectivity index (χ4n) is 3.44. The van der Waals surface area contributed by atoms with Gasteiger partial charge >= 0.3 is 0 Å². The van der Waals surface area contributed by atoms with Crippen LogP contribution in [0.4, 0.5) is 0 Å². The molecule has 0 saturated carbocycles. The summed E-state index contributed by atoms with van der Waals surface area (Å²) in [5, 5.41) is 0. The molecule has 0 aromatic rings. The molecule has 0 unspecified atom stereocenters. The Morgan fingerprint density at radius 1 is 0.632 bits per heavy atom. The summed E-state index contributed by atoms with van der Waals surface area (Å²) >= 11 is 0. The zero-order valence-electron chi connectivity index (χ0n) is 14.6. The Balaban J connectivity index is 4.64. The molecule has 0 fully saturated rings. The van der Waals surface area contributed by atoms with Crippen LogP contribution in [-0.4, -0.2) is 8.07 Å². The molecule has 0 aromatic carbocycles. The Kier molecular flexibility index (Phi) is 12.1. The van der Waals surface area contributed by atoms with E-state index in [1.807, 2.05) is 0 Å². The first-order valence-electron chi connectivity index (χ1n) is 9.14. The van der Waals surface area contributed by atoms with Crippen LogP contribution in [0.5, 0.6) is 0 Å². The first kappa shape index (κ1) is 19.2. The van der Waals surface area contributed by atoms with Gasteiger partial charge in [-0.25, -0.2) is 0 Å². The summed E-state index contributed by atoms with van der Waals surface area (Å²) in [5.41, 5.74) is 1.12. The molecule has 0 aliphatic heterocycles. The number of hydrogen-bond acceptors (Lipinski definition) is 0. The molecule has 0 heterocycles. The molecule has 0 N–H and O–H groups in total. The first-order valence-corrected chi connectivity index (χ1v) is 12.1. The van der Waals surface area contributed by atoms with Gasteiger partial charge in [0.2, 0.25) is 0 Å². The smallest absolute Gasteiger partial charge is 0.0535 e. The highest BCUT2D eigenvalue weighted by molar-refractivity contribution is 6.80. The summed E-state index contributed by atoms with van der Waals surface area (Å²) in [6, 6.07) is 3.20. The van der Waals surface area contributed by atoms with Gasteiger partial charge in [0.25, 0.3) is 0 Å². The van der Waals surface area contributed by atoms with E-state index < -0.39 is 8.07 Å². The Labute approximate surface area is 124 Å². The van der Waals surface area contributed by atoms with E-state index >= 15 is 0 Å². The van der Waals surface area contributed by atoms with Crippen LogP contribution < -0.4 is 0 Å². The third-order valence-corrected chi connectivity index (χ3v) is 10.5. The first-order chi connectivity index (χ1) is 9.14. The Morgan fingerprint density at radius 3 is 1.32 bits per heavy atom. The van der Waals surface area contributed by atoms with Crippen molar-refractivity contribution in [2.24, 2.45) is 0 Å². The van der Waals surface area contributed by atoms with Gasteiger partial charge in [0.05, 0.1) is 8.07 Å². The van der Waals surface area contributed by atoms with E-state index in [0.29, 0.717) is 0 Å². The van der Waals surface area contributed by atoms with Crippen molar-refractivity contribution in [3.05, 3.63) is 0 Å². The van der Waals surface area contributed by atoms with Crippen LogP contribution in [0.1, 0.15) is 91.9 Å². The normalized spacial score (nSPS) is 12.3. The van der Waals surface area contributed by atoms with Crippen molar-refractivity contribution in [1.29, 1.82) is 0 Å². The molecule has 0 rings (SSSR count). The van der Waals surface area contributed by atoms with Crippen molar-refractivity contribution in [3.8, 4) is 0 Å². The number of rotatable bonds is 13. The van der Waals surface area contributed by atoms with Gasteiger partial charge < -0.3 is 0 Å². The highest BCUT2D eigenvalue weighted by Gasteiger charge is 2.34. The molecule has 0 saturated heterocycles. The average Bonchev–Trinajstić information content (AvgIpc) is 2.43. The molecular formula is C18H40Si. The monoisotopic (exact) mass is 284 g/mol. The van der Waals surface area contributed by atoms with Crippen molar-refractivity contribution in [1.82, 2.24) is 0 Å². The van der Waals surface area contributed by atoms with Crippen molar-refractivity contribution in [2.45, 2.75) is 116 Å². The molecule has 19 heavy (non-hydrogen) atoms. The van der Waals surface area contributed by atoms with E-state index in [-0.39, 0.29) is 0 Å². The lowest BCUT2D eigenvalue weighted by molar-refractivity contribution is 0.575. The summed E-state index contributed by atoms with van der Waals surface area (Å²) in [6.07, 6.45) is 14.5. The van der Waals surface area contributed by atoms with Crippen molar-refractivity contribution in [2.75, 3.05) is 0 Å². The molecular weight excluding hydrogens is 244 g/mol. The largest absolute Gasteiger partial charge is 0.0689 e. The molecule has 0 aliphatic carbocycles. The maximum Gasteiger partial charge on any atom is 0.0535 e. The maximum absolute atomic E-state index is 2.74. The molecule has 116 valence electrons. The van der Waals surface area contributed by atoms with Crippen molar-refractivity contribution < 1.29 is 0 Å². The standard InChI is InChI=1S/C18H40Si/c1-6-10-14-18(15-11-7-2)19(5,16-12-8-3)17-13-9-4/h18H,6-17H2,1-5H3. The Hall–Kier alpha value is 0.217. The van der Waals surface area contributed by atoms with Gasteiger partial charge in [0, 0.05) is 0 Å². The minimum atomic E-state index is -0.995. The van der Waals surface area contributed by atoms with Crippen LogP contribution in [-0.2, 0) is 0 Å². The fraction of sp³-hybridized carbons (Fsp3) is 1.00. The summed E-state index contributed by atoms with van der Waals surface area (Å²) in [4.78, 5) is 0. The van der Waals surface area contributed by atoms with Crippen LogP contribution in [0.3, 0.4) is 0 Å². The third kappa shape index (κ3) is 8.17. The minimum absolute atomic E-state index is 0.995. The molecule has 0 aliphatic rings. The summed E-state index contributed by atoms with van der Waals surface area (Å²) in [7, 11) is -0.995. The van der Waals surface area contributed by atoms with Crippen LogP contribution >= 0.6 is 0 Å². The second-order valence-corrected chi connectivity index (χ2v) is 12.0. The van der Waals surface area contributed by atoms with Gasteiger partial charge in [-0.1, -0.05) is 111 Å². The van der Waals surface area contributed by atoms with E-state index in [1.165, 1.54) is 64.2 Å². The highest BCUT2D eigenvalue weighted by Crippen LogP contribution is 2.40. The molecule has 0 amide bonds. The molecule has 0 atom stereocenters.